The van der Waals surface area contributed by atoms with Gasteiger partial charge in [0.05, 0.1) is 4.47 Å². The zero-order chi connectivity index (χ0) is 11.4. The van der Waals surface area contributed by atoms with Crippen molar-refractivity contribution in [1.29, 1.82) is 0 Å². The fraction of sp³-hybridized carbons (Fsp3) is 0.583. The molecule has 4 heteroatoms. The summed E-state index contributed by atoms with van der Waals surface area (Å²) in [4.78, 5) is 4.34. The Morgan fingerprint density at radius 3 is 2.75 bits per heavy atom. The Morgan fingerprint density at radius 1 is 1.31 bits per heavy atom. The lowest BCUT2D eigenvalue weighted by Gasteiger charge is -2.11. The van der Waals surface area contributed by atoms with Crippen LogP contribution in [0, 0.1) is 5.92 Å². The SMILES string of the molecule is Brc1cnc(NCCC2CCCC2)c(Br)c1. The first-order valence-corrected chi connectivity index (χ1v) is 7.39. The van der Waals surface area contributed by atoms with E-state index in [0.29, 0.717) is 0 Å². The molecule has 0 spiro atoms. The molecule has 1 aliphatic carbocycles. The van der Waals surface area contributed by atoms with Crippen LogP contribution in [0.2, 0.25) is 0 Å². The van der Waals surface area contributed by atoms with Gasteiger partial charge in [-0.15, -0.1) is 0 Å². The molecule has 88 valence electrons. The quantitative estimate of drug-likeness (QED) is 0.860. The van der Waals surface area contributed by atoms with Crippen molar-refractivity contribution in [3.63, 3.8) is 0 Å². The number of hydrogen-bond acceptors (Lipinski definition) is 2. The van der Waals surface area contributed by atoms with Crippen LogP contribution in [0.1, 0.15) is 32.1 Å². The maximum Gasteiger partial charge on any atom is 0.140 e. The summed E-state index contributed by atoms with van der Waals surface area (Å²) in [6.07, 6.45) is 8.76. The normalized spacial score (nSPS) is 16.6. The zero-order valence-electron chi connectivity index (χ0n) is 9.18. The Morgan fingerprint density at radius 2 is 2.06 bits per heavy atom. The number of rotatable bonds is 4. The van der Waals surface area contributed by atoms with Crippen LogP contribution in [-0.4, -0.2) is 11.5 Å². The van der Waals surface area contributed by atoms with Gasteiger partial charge in [-0.3, -0.25) is 0 Å². The summed E-state index contributed by atoms with van der Waals surface area (Å²) in [6.45, 7) is 1.03. The first-order chi connectivity index (χ1) is 7.75. The Kier molecular flexibility index (Phi) is 4.65. The molecule has 0 bridgehead atoms. The number of aromatic nitrogens is 1. The fourth-order valence-corrected chi connectivity index (χ4v) is 3.37. The van der Waals surface area contributed by atoms with Crippen LogP contribution < -0.4 is 5.32 Å². The molecule has 1 aliphatic rings. The van der Waals surface area contributed by atoms with E-state index in [1.165, 1.54) is 32.1 Å². The highest BCUT2D eigenvalue weighted by molar-refractivity contribution is 9.11. The van der Waals surface area contributed by atoms with Crippen LogP contribution in [0.4, 0.5) is 5.82 Å². The number of halogens is 2. The van der Waals surface area contributed by atoms with Gasteiger partial charge in [-0.1, -0.05) is 25.7 Å². The van der Waals surface area contributed by atoms with Crippen LogP contribution in [0.5, 0.6) is 0 Å². The molecule has 0 atom stereocenters. The molecule has 0 radical (unpaired) electrons. The standard InChI is InChI=1S/C12H16Br2N2/c13-10-7-11(14)12(16-8-10)15-6-5-9-3-1-2-4-9/h7-9H,1-6H2,(H,15,16). The molecule has 2 nitrogen and oxygen atoms in total. The summed E-state index contributed by atoms with van der Waals surface area (Å²) in [6, 6.07) is 2.02. The number of anilines is 1. The molecule has 0 saturated heterocycles. The average Bonchev–Trinajstić information content (AvgIpc) is 2.74. The lowest BCUT2D eigenvalue weighted by atomic mass is 10.0. The molecule has 16 heavy (non-hydrogen) atoms. The minimum Gasteiger partial charge on any atom is -0.369 e. The van der Waals surface area contributed by atoms with Gasteiger partial charge in [-0.05, 0) is 50.3 Å². The van der Waals surface area contributed by atoms with Crippen molar-refractivity contribution in [2.75, 3.05) is 11.9 Å². The number of nitrogens with zero attached hydrogens (tertiary/aromatic N) is 1. The van der Waals surface area contributed by atoms with Crippen molar-refractivity contribution in [1.82, 2.24) is 4.98 Å². The molecule has 2 rings (SSSR count). The van der Waals surface area contributed by atoms with Crippen molar-refractivity contribution in [2.45, 2.75) is 32.1 Å². The van der Waals surface area contributed by atoms with Crippen molar-refractivity contribution < 1.29 is 0 Å². The first kappa shape index (κ1) is 12.4. The molecule has 1 aromatic rings. The van der Waals surface area contributed by atoms with Crippen LogP contribution in [-0.2, 0) is 0 Å². The van der Waals surface area contributed by atoms with Crippen LogP contribution in [0.15, 0.2) is 21.2 Å². The first-order valence-electron chi connectivity index (χ1n) is 5.80. The van der Waals surface area contributed by atoms with Gasteiger partial charge in [0.15, 0.2) is 0 Å². The van der Waals surface area contributed by atoms with Crippen molar-refractivity contribution in [2.24, 2.45) is 5.92 Å². The molecule has 1 saturated carbocycles. The average molecular weight is 348 g/mol. The maximum atomic E-state index is 4.34. The lowest BCUT2D eigenvalue weighted by molar-refractivity contribution is 0.518. The second-order valence-corrected chi connectivity index (χ2v) is 6.12. The Labute approximate surface area is 113 Å². The van der Waals surface area contributed by atoms with Crippen LogP contribution >= 0.6 is 31.9 Å². The summed E-state index contributed by atoms with van der Waals surface area (Å²) in [5.74, 6) is 1.88. The second kappa shape index (κ2) is 6.01. The summed E-state index contributed by atoms with van der Waals surface area (Å²) in [5.41, 5.74) is 0. The molecular formula is C12H16Br2N2. The van der Waals surface area contributed by atoms with Crippen LogP contribution in [0.25, 0.3) is 0 Å². The lowest BCUT2D eigenvalue weighted by Crippen LogP contribution is -2.08. The highest BCUT2D eigenvalue weighted by Gasteiger charge is 2.14. The van der Waals surface area contributed by atoms with E-state index < -0.39 is 0 Å². The minimum absolute atomic E-state index is 0.932. The summed E-state index contributed by atoms with van der Waals surface area (Å²) in [7, 11) is 0. The monoisotopic (exact) mass is 346 g/mol. The van der Waals surface area contributed by atoms with Gasteiger partial charge >= 0.3 is 0 Å². The fourth-order valence-electron chi connectivity index (χ4n) is 2.24. The largest absolute Gasteiger partial charge is 0.369 e. The van der Waals surface area contributed by atoms with Gasteiger partial charge in [0, 0.05) is 17.2 Å². The van der Waals surface area contributed by atoms with Gasteiger partial charge < -0.3 is 5.32 Å². The Bertz CT molecular complexity index is 349. The van der Waals surface area contributed by atoms with Crippen molar-refractivity contribution in [3.8, 4) is 0 Å². The number of pyridine rings is 1. The highest BCUT2D eigenvalue weighted by atomic mass is 79.9. The van der Waals surface area contributed by atoms with Crippen LogP contribution in [0.3, 0.4) is 0 Å². The van der Waals surface area contributed by atoms with Gasteiger partial charge in [-0.2, -0.15) is 0 Å². The van der Waals surface area contributed by atoms with E-state index in [1.807, 2.05) is 12.3 Å². The second-order valence-electron chi connectivity index (χ2n) is 4.35. The van der Waals surface area contributed by atoms with E-state index in [4.69, 9.17) is 0 Å². The Hall–Kier alpha value is -0.0900. The van der Waals surface area contributed by atoms with E-state index >= 15 is 0 Å². The predicted molar refractivity (Wildman–Crippen MR) is 74.7 cm³/mol. The highest BCUT2D eigenvalue weighted by Crippen LogP contribution is 2.28. The molecular weight excluding hydrogens is 332 g/mol. The number of hydrogen-bond donors (Lipinski definition) is 1. The third-order valence-corrected chi connectivity index (χ3v) is 4.17. The third kappa shape index (κ3) is 3.45. The molecule has 1 aromatic heterocycles. The minimum atomic E-state index is 0.932. The van der Waals surface area contributed by atoms with Gasteiger partial charge in [0.2, 0.25) is 0 Å². The van der Waals surface area contributed by atoms with E-state index in [-0.39, 0.29) is 0 Å². The zero-order valence-corrected chi connectivity index (χ0v) is 12.3. The molecule has 1 N–H and O–H groups in total. The van der Waals surface area contributed by atoms with Gasteiger partial charge in [0.25, 0.3) is 0 Å². The van der Waals surface area contributed by atoms with Crippen molar-refractivity contribution in [3.05, 3.63) is 21.2 Å². The van der Waals surface area contributed by atoms with Gasteiger partial charge in [0.1, 0.15) is 5.82 Å². The van der Waals surface area contributed by atoms with Crippen molar-refractivity contribution >= 4 is 37.7 Å². The third-order valence-electron chi connectivity index (χ3n) is 3.13. The molecule has 1 heterocycles. The molecule has 0 aromatic carbocycles. The molecule has 0 aliphatic heterocycles. The van der Waals surface area contributed by atoms with E-state index in [9.17, 15) is 0 Å². The molecule has 0 unspecified atom stereocenters. The topological polar surface area (TPSA) is 24.9 Å². The predicted octanol–water partition coefficient (Wildman–Crippen LogP) is 4.60. The smallest absolute Gasteiger partial charge is 0.140 e. The molecule has 1 fully saturated rings. The van der Waals surface area contributed by atoms with Gasteiger partial charge in [-0.25, -0.2) is 4.98 Å². The summed E-state index contributed by atoms with van der Waals surface area (Å²) >= 11 is 6.90. The van der Waals surface area contributed by atoms with E-state index in [0.717, 1.165) is 27.2 Å². The summed E-state index contributed by atoms with van der Waals surface area (Å²) in [5, 5.41) is 3.39. The summed E-state index contributed by atoms with van der Waals surface area (Å²) < 4.78 is 2.02. The van der Waals surface area contributed by atoms with E-state index in [1.54, 1.807) is 0 Å². The molecule has 0 amide bonds. The van der Waals surface area contributed by atoms with E-state index in [2.05, 4.69) is 42.2 Å². The number of nitrogens with one attached hydrogen (secondary N) is 1. The Balaban J connectivity index is 1.80. The maximum absolute atomic E-state index is 4.34.